The molecule has 0 aromatic heterocycles. The van der Waals surface area contributed by atoms with Crippen LogP contribution in [0.15, 0.2) is 24.3 Å². The maximum Gasteiger partial charge on any atom is 0.0716 e. The predicted octanol–water partition coefficient (Wildman–Crippen LogP) is 12.1. The second-order valence-corrected chi connectivity index (χ2v) is 11.7. The van der Waals surface area contributed by atoms with Crippen LogP contribution >= 0.6 is 0 Å². The molecule has 0 unspecified atom stereocenters. The highest BCUT2D eigenvalue weighted by Crippen LogP contribution is 2.14. The van der Waals surface area contributed by atoms with Crippen LogP contribution in [0.3, 0.4) is 0 Å². The molecule has 0 radical (unpaired) electrons. The van der Waals surface area contributed by atoms with E-state index in [4.69, 9.17) is 9.47 Å². The van der Waals surface area contributed by atoms with Gasteiger partial charge in [0.2, 0.25) is 0 Å². The fourth-order valence-corrected chi connectivity index (χ4v) is 5.20. The monoisotopic (exact) mass is 531 g/mol. The van der Waals surface area contributed by atoms with Gasteiger partial charge in [0.25, 0.3) is 0 Å². The summed E-state index contributed by atoms with van der Waals surface area (Å²) in [5.41, 5.74) is 2.54. The van der Waals surface area contributed by atoms with Gasteiger partial charge in [-0.25, -0.2) is 0 Å². The summed E-state index contributed by atoms with van der Waals surface area (Å²) in [7, 11) is 0. The zero-order chi connectivity index (χ0) is 27.2. The fourth-order valence-electron chi connectivity index (χ4n) is 5.20. The van der Waals surface area contributed by atoms with E-state index in [0.29, 0.717) is 0 Å². The van der Waals surface area contributed by atoms with Gasteiger partial charge in [-0.3, -0.25) is 0 Å². The minimum atomic E-state index is 0.734. The Morgan fingerprint density at radius 3 is 0.842 bits per heavy atom. The molecule has 0 saturated heterocycles. The van der Waals surface area contributed by atoms with E-state index in [1.807, 2.05) is 0 Å². The summed E-state index contributed by atoms with van der Waals surface area (Å²) in [6.07, 6.45) is 33.3. The van der Waals surface area contributed by atoms with Crippen LogP contribution in [0.5, 0.6) is 0 Å². The van der Waals surface area contributed by atoms with Crippen LogP contribution in [0.2, 0.25) is 0 Å². The normalized spacial score (nSPS) is 11.4. The molecule has 0 N–H and O–H groups in total. The summed E-state index contributed by atoms with van der Waals surface area (Å²) < 4.78 is 11.8. The van der Waals surface area contributed by atoms with E-state index >= 15 is 0 Å². The van der Waals surface area contributed by atoms with Gasteiger partial charge in [0.15, 0.2) is 0 Å². The van der Waals surface area contributed by atoms with Crippen LogP contribution in [0.4, 0.5) is 0 Å². The molecule has 0 aliphatic heterocycles. The Kier molecular flexibility index (Phi) is 27.0. The lowest BCUT2D eigenvalue weighted by atomic mass is 10.1. The minimum absolute atomic E-state index is 0.734. The van der Waals surface area contributed by atoms with Crippen LogP contribution in [0.1, 0.15) is 179 Å². The molecule has 222 valence electrons. The third-order valence-corrected chi connectivity index (χ3v) is 7.84. The van der Waals surface area contributed by atoms with Gasteiger partial charge < -0.3 is 9.47 Å². The summed E-state index contributed by atoms with van der Waals surface area (Å²) in [4.78, 5) is 0. The molecular weight excluding hydrogens is 464 g/mol. The second-order valence-electron chi connectivity index (χ2n) is 11.7. The molecule has 0 aliphatic carbocycles. The Labute approximate surface area is 239 Å². The highest BCUT2D eigenvalue weighted by Gasteiger charge is 1.99. The summed E-state index contributed by atoms with van der Waals surface area (Å²) in [5.74, 6) is 0. The summed E-state index contributed by atoms with van der Waals surface area (Å²) in [5, 5.41) is 0. The van der Waals surface area contributed by atoms with E-state index in [-0.39, 0.29) is 0 Å². The van der Waals surface area contributed by atoms with Crippen molar-refractivity contribution in [3.63, 3.8) is 0 Å². The van der Waals surface area contributed by atoms with Crippen LogP contribution in [0.25, 0.3) is 0 Å². The van der Waals surface area contributed by atoms with Gasteiger partial charge in [-0.15, -0.1) is 0 Å². The zero-order valence-corrected chi connectivity index (χ0v) is 25.9. The Balaban J connectivity index is 1.83. The molecule has 2 nitrogen and oxygen atoms in total. The maximum atomic E-state index is 5.91. The van der Waals surface area contributed by atoms with E-state index in [9.17, 15) is 0 Å². The number of benzene rings is 1. The Morgan fingerprint density at radius 2 is 0.579 bits per heavy atom. The molecule has 0 fully saturated rings. The number of rotatable bonds is 30. The fraction of sp³-hybridized carbons (Fsp3) is 0.833. The average Bonchev–Trinajstić information content (AvgIpc) is 2.94. The lowest BCUT2D eigenvalue weighted by Crippen LogP contribution is -1.98. The zero-order valence-electron chi connectivity index (χ0n) is 25.9. The lowest BCUT2D eigenvalue weighted by Gasteiger charge is -2.07. The number of ether oxygens (including phenoxy) is 2. The van der Waals surface area contributed by atoms with Crippen molar-refractivity contribution >= 4 is 0 Å². The second kappa shape index (κ2) is 29.1. The number of hydrogen-bond donors (Lipinski definition) is 0. The minimum Gasteiger partial charge on any atom is -0.377 e. The van der Waals surface area contributed by atoms with Crippen molar-refractivity contribution < 1.29 is 9.47 Å². The van der Waals surface area contributed by atoms with Gasteiger partial charge in [-0.2, -0.15) is 0 Å². The van der Waals surface area contributed by atoms with E-state index < -0.39 is 0 Å². The third kappa shape index (κ3) is 24.2. The standard InChI is InChI=1S/C36H66O2/c1-3-5-7-9-11-13-15-17-19-21-23-25-31-37-33-35-27-29-36(30-28-35)34-38-32-26-24-22-20-18-16-14-12-10-8-6-4-2/h27-30H,3-26,31-34H2,1-2H3. The topological polar surface area (TPSA) is 18.5 Å². The number of hydrogen-bond acceptors (Lipinski definition) is 2. The lowest BCUT2D eigenvalue weighted by molar-refractivity contribution is 0.114. The molecule has 1 aromatic carbocycles. The Bertz CT molecular complexity index is 516. The van der Waals surface area contributed by atoms with Crippen molar-refractivity contribution in [1.29, 1.82) is 0 Å². The first-order valence-corrected chi connectivity index (χ1v) is 17.1. The first-order chi connectivity index (χ1) is 18.9. The summed E-state index contributed by atoms with van der Waals surface area (Å²) in [6.45, 7) is 7.83. The van der Waals surface area contributed by atoms with Gasteiger partial charge in [-0.05, 0) is 24.0 Å². The van der Waals surface area contributed by atoms with E-state index in [2.05, 4.69) is 38.1 Å². The molecule has 0 heterocycles. The van der Waals surface area contributed by atoms with Crippen molar-refractivity contribution in [3.05, 3.63) is 35.4 Å². The predicted molar refractivity (Wildman–Crippen MR) is 168 cm³/mol. The van der Waals surface area contributed by atoms with Gasteiger partial charge in [0.05, 0.1) is 13.2 Å². The summed E-state index contributed by atoms with van der Waals surface area (Å²) in [6, 6.07) is 8.80. The molecule has 0 saturated carbocycles. The molecule has 2 heteroatoms. The molecule has 0 spiro atoms. The van der Waals surface area contributed by atoms with Gasteiger partial charge in [0.1, 0.15) is 0 Å². The third-order valence-electron chi connectivity index (χ3n) is 7.84. The van der Waals surface area contributed by atoms with Gasteiger partial charge >= 0.3 is 0 Å². The quantitative estimate of drug-likeness (QED) is 0.0921. The van der Waals surface area contributed by atoms with Crippen molar-refractivity contribution in [2.24, 2.45) is 0 Å². The maximum absolute atomic E-state index is 5.91. The Morgan fingerprint density at radius 1 is 0.342 bits per heavy atom. The highest BCUT2D eigenvalue weighted by atomic mass is 16.5. The van der Waals surface area contributed by atoms with E-state index in [1.165, 1.54) is 165 Å². The molecule has 0 aliphatic rings. The first-order valence-electron chi connectivity index (χ1n) is 17.1. The average molecular weight is 531 g/mol. The molecule has 38 heavy (non-hydrogen) atoms. The highest BCUT2D eigenvalue weighted by molar-refractivity contribution is 5.21. The van der Waals surface area contributed by atoms with Crippen molar-refractivity contribution in [2.75, 3.05) is 13.2 Å². The van der Waals surface area contributed by atoms with Crippen molar-refractivity contribution in [3.8, 4) is 0 Å². The first kappa shape index (κ1) is 35.2. The van der Waals surface area contributed by atoms with Crippen LogP contribution in [-0.4, -0.2) is 13.2 Å². The Hall–Kier alpha value is -0.860. The molecule has 1 aromatic rings. The molecule has 0 atom stereocenters. The largest absolute Gasteiger partial charge is 0.377 e. The van der Waals surface area contributed by atoms with Crippen LogP contribution in [-0.2, 0) is 22.7 Å². The van der Waals surface area contributed by atoms with Gasteiger partial charge in [0, 0.05) is 13.2 Å². The molecule has 1 rings (SSSR count). The van der Waals surface area contributed by atoms with Crippen LogP contribution < -0.4 is 0 Å². The molecule has 0 bridgehead atoms. The number of unbranched alkanes of at least 4 members (excludes halogenated alkanes) is 22. The van der Waals surface area contributed by atoms with Crippen molar-refractivity contribution in [2.45, 2.75) is 181 Å². The summed E-state index contributed by atoms with van der Waals surface area (Å²) >= 11 is 0. The molecular formula is C36H66O2. The van der Waals surface area contributed by atoms with Gasteiger partial charge in [-0.1, -0.05) is 179 Å². The van der Waals surface area contributed by atoms with Crippen molar-refractivity contribution in [1.82, 2.24) is 0 Å². The smallest absolute Gasteiger partial charge is 0.0716 e. The van der Waals surface area contributed by atoms with E-state index in [1.54, 1.807) is 0 Å². The molecule has 0 amide bonds. The van der Waals surface area contributed by atoms with Crippen LogP contribution in [0, 0.1) is 0 Å². The van der Waals surface area contributed by atoms with E-state index in [0.717, 1.165) is 26.4 Å². The SMILES string of the molecule is CCCCCCCCCCCCCCOCc1ccc(COCCCCCCCCCCCCCC)cc1.